The number of rotatable bonds is 3. The van der Waals surface area contributed by atoms with E-state index in [1.165, 1.54) is 0 Å². The van der Waals surface area contributed by atoms with E-state index < -0.39 is 0 Å². The maximum absolute atomic E-state index is 13.5. The molecule has 2 N–H and O–H groups in total. The summed E-state index contributed by atoms with van der Waals surface area (Å²) in [5.41, 5.74) is 7.34. The van der Waals surface area contributed by atoms with Crippen molar-refractivity contribution in [2.45, 2.75) is 6.04 Å². The molecular weight excluding hydrogens is 544 g/mol. The number of carbonyl (C=O) groups is 1. The highest BCUT2D eigenvalue weighted by Gasteiger charge is 2.34. The highest BCUT2D eigenvalue weighted by Crippen LogP contribution is 2.48. The van der Waals surface area contributed by atoms with E-state index in [1.807, 2.05) is 24.4 Å². The van der Waals surface area contributed by atoms with E-state index in [1.54, 1.807) is 11.1 Å². The summed E-state index contributed by atoms with van der Waals surface area (Å²) in [5.74, 6) is 1.67. The summed E-state index contributed by atoms with van der Waals surface area (Å²) in [7, 11) is 0. The fourth-order valence-electron chi connectivity index (χ4n) is 5.57. The molecular formula is C29H25BrN6O2. The standard InChI is InChI=1S/C29H25BrN6O2/c30-19-14-24-28(32-16-19)33-17-36(24)29(37)34-27-22-5-2-1-4-21(22)26-20(6-3-7-23(26)27)18-8-9-25(31-15-18)35-10-12-38-13-11-35/h1-9,14-16,27H,10-13,17H2,(H,32,33)(H,34,37). The number of benzene rings is 2. The van der Waals surface area contributed by atoms with Crippen LogP contribution < -0.4 is 20.4 Å². The molecule has 190 valence electrons. The fourth-order valence-corrected chi connectivity index (χ4v) is 5.89. The number of aromatic nitrogens is 2. The maximum Gasteiger partial charge on any atom is 0.324 e. The molecule has 8 nitrogen and oxygen atoms in total. The van der Waals surface area contributed by atoms with Crippen LogP contribution in [0.2, 0.25) is 0 Å². The summed E-state index contributed by atoms with van der Waals surface area (Å²) in [6.45, 7) is 3.53. The zero-order valence-corrected chi connectivity index (χ0v) is 22.1. The van der Waals surface area contributed by atoms with Crippen LogP contribution >= 0.6 is 15.9 Å². The SMILES string of the molecule is O=C(NC1c2ccccc2-c2c(-c3ccc(N4CCOCC4)nc3)cccc21)N1CNc2ncc(Br)cc21. The van der Waals surface area contributed by atoms with Crippen LogP contribution in [0.5, 0.6) is 0 Å². The minimum absolute atomic E-state index is 0.175. The van der Waals surface area contributed by atoms with E-state index in [0.717, 1.165) is 75.7 Å². The summed E-state index contributed by atoms with van der Waals surface area (Å²) in [6.07, 6.45) is 3.67. The molecule has 0 radical (unpaired) electrons. The third-order valence-electron chi connectivity index (χ3n) is 7.39. The van der Waals surface area contributed by atoms with Gasteiger partial charge < -0.3 is 20.3 Å². The summed E-state index contributed by atoms with van der Waals surface area (Å²) in [6, 6.07) is 20.3. The first kappa shape index (κ1) is 23.2. The normalized spacial score (nSPS) is 17.4. The molecule has 7 rings (SSSR count). The second-order valence-corrected chi connectivity index (χ2v) is 10.4. The molecule has 2 aromatic carbocycles. The monoisotopic (exact) mass is 568 g/mol. The average Bonchev–Trinajstić information content (AvgIpc) is 3.53. The van der Waals surface area contributed by atoms with Gasteiger partial charge in [-0.05, 0) is 61.9 Å². The Labute approximate surface area is 228 Å². The van der Waals surface area contributed by atoms with E-state index in [0.29, 0.717) is 12.5 Å². The van der Waals surface area contributed by atoms with Crippen LogP contribution in [0.25, 0.3) is 22.3 Å². The van der Waals surface area contributed by atoms with E-state index >= 15 is 0 Å². The number of fused-ring (bicyclic) bond motifs is 4. The molecule has 3 aliphatic rings. The van der Waals surface area contributed by atoms with Gasteiger partial charge in [0.25, 0.3) is 0 Å². The van der Waals surface area contributed by atoms with Crippen LogP contribution in [0.4, 0.5) is 22.1 Å². The molecule has 0 saturated carbocycles. The molecule has 1 fully saturated rings. The van der Waals surface area contributed by atoms with Crippen molar-refractivity contribution in [2.24, 2.45) is 0 Å². The molecule has 1 aliphatic carbocycles. The number of nitrogens with one attached hydrogen (secondary N) is 2. The van der Waals surface area contributed by atoms with Crippen LogP contribution in [0.1, 0.15) is 17.2 Å². The maximum atomic E-state index is 13.5. The first-order valence-electron chi connectivity index (χ1n) is 12.7. The van der Waals surface area contributed by atoms with Gasteiger partial charge in [0.1, 0.15) is 5.82 Å². The molecule has 1 unspecified atom stereocenters. The highest BCUT2D eigenvalue weighted by molar-refractivity contribution is 9.10. The van der Waals surface area contributed by atoms with Gasteiger partial charge in [0.2, 0.25) is 0 Å². The zero-order valence-electron chi connectivity index (χ0n) is 20.5. The Morgan fingerprint density at radius 3 is 2.63 bits per heavy atom. The zero-order chi connectivity index (χ0) is 25.6. The van der Waals surface area contributed by atoms with Crippen LogP contribution in [0.15, 0.2) is 77.5 Å². The van der Waals surface area contributed by atoms with Crippen LogP contribution in [0, 0.1) is 0 Å². The van der Waals surface area contributed by atoms with Crippen LogP contribution in [-0.2, 0) is 4.74 Å². The Hall–Kier alpha value is -3.95. The minimum atomic E-state index is -0.265. The lowest BCUT2D eigenvalue weighted by molar-refractivity contribution is 0.122. The second-order valence-electron chi connectivity index (χ2n) is 9.53. The van der Waals surface area contributed by atoms with Crippen molar-refractivity contribution in [3.63, 3.8) is 0 Å². The number of halogens is 1. The van der Waals surface area contributed by atoms with Gasteiger partial charge in [0, 0.05) is 35.5 Å². The Morgan fingerprint density at radius 1 is 0.974 bits per heavy atom. The third kappa shape index (κ3) is 3.90. The molecule has 9 heteroatoms. The van der Waals surface area contributed by atoms with Gasteiger partial charge in [-0.2, -0.15) is 0 Å². The number of carbonyl (C=O) groups excluding carboxylic acids is 1. The van der Waals surface area contributed by atoms with Gasteiger partial charge in [0.05, 0.1) is 31.6 Å². The van der Waals surface area contributed by atoms with Gasteiger partial charge in [-0.1, -0.05) is 42.5 Å². The third-order valence-corrected chi connectivity index (χ3v) is 7.82. The average molecular weight is 569 g/mol. The van der Waals surface area contributed by atoms with Gasteiger partial charge in [0.15, 0.2) is 5.82 Å². The fraction of sp³-hybridized carbons (Fsp3) is 0.207. The first-order valence-corrected chi connectivity index (χ1v) is 13.5. The summed E-state index contributed by atoms with van der Waals surface area (Å²) in [4.78, 5) is 26.7. The molecule has 4 aromatic rings. The lowest BCUT2D eigenvalue weighted by Crippen LogP contribution is -2.41. The minimum Gasteiger partial charge on any atom is -0.378 e. The highest BCUT2D eigenvalue weighted by atomic mass is 79.9. The summed E-state index contributed by atoms with van der Waals surface area (Å²) in [5, 5.41) is 6.49. The molecule has 1 atom stereocenters. The topological polar surface area (TPSA) is 82.6 Å². The van der Waals surface area contributed by atoms with Crippen molar-refractivity contribution >= 4 is 39.3 Å². The lowest BCUT2D eigenvalue weighted by Gasteiger charge is -2.27. The Morgan fingerprint density at radius 2 is 1.79 bits per heavy atom. The van der Waals surface area contributed by atoms with Gasteiger partial charge >= 0.3 is 6.03 Å². The predicted molar refractivity (Wildman–Crippen MR) is 151 cm³/mol. The molecule has 4 heterocycles. The van der Waals surface area contributed by atoms with Crippen LogP contribution in [-0.4, -0.2) is 49.0 Å². The number of pyridine rings is 2. The molecule has 2 aliphatic heterocycles. The number of anilines is 3. The number of nitrogens with zero attached hydrogens (tertiary/aromatic N) is 4. The molecule has 38 heavy (non-hydrogen) atoms. The molecule has 2 amide bonds. The van der Waals surface area contributed by atoms with Crippen molar-refractivity contribution in [1.82, 2.24) is 15.3 Å². The van der Waals surface area contributed by atoms with Crippen molar-refractivity contribution in [1.29, 1.82) is 0 Å². The smallest absolute Gasteiger partial charge is 0.324 e. The van der Waals surface area contributed by atoms with E-state index in [-0.39, 0.29) is 12.1 Å². The molecule has 2 aromatic heterocycles. The predicted octanol–water partition coefficient (Wildman–Crippen LogP) is 5.41. The second kappa shape index (κ2) is 9.41. The number of morpholine rings is 1. The van der Waals surface area contributed by atoms with E-state index in [2.05, 4.69) is 78.9 Å². The number of amides is 2. The van der Waals surface area contributed by atoms with Crippen molar-refractivity contribution in [2.75, 3.05) is 48.1 Å². The summed E-state index contributed by atoms with van der Waals surface area (Å²) < 4.78 is 6.31. The summed E-state index contributed by atoms with van der Waals surface area (Å²) >= 11 is 3.47. The molecule has 1 saturated heterocycles. The van der Waals surface area contributed by atoms with E-state index in [9.17, 15) is 4.79 Å². The lowest BCUT2D eigenvalue weighted by atomic mass is 9.95. The van der Waals surface area contributed by atoms with Crippen molar-refractivity contribution < 1.29 is 9.53 Å². The number of hydrogen-bond donors (Lipinski definition) is 2. The first-order chi connectivity index (χ1) is 18.7. The number of urea groups is 1. The van der Waals surface area contributed by atoms with E-state index in [4.69, 9.17) is 9.72 Å². The Bertz CT molecular complexity index is 1540. The van der Waals surface area contributed by atoms with Crippen molar-refractivity contribution in [3.8, 4) is 22.3 Å². The largest absolute Gasteiger partial charge is 0.378 e. The van der Waals surface area contributed by atoms with Gasteiger partial charge in [-0.15, -0.1) is 0 Å². The Kier molecular flexibility index (Phi) is 5.74. The molecule has 0 spiro atoms. The van der Waals surface area contributed by atoms with Gasteiger partial charge in [-0.25, -0.2) is 14.8 Å². The van der Waals surface area contributed by atoms with Crippen LogP contribution in [0.3, 0.4) is 0 Å². The Balaban J connectivity index is 1.23. The number of ether oxygens (including phenoxy) is 1. The quantitative estimate of drug-likeness (QED) is 0.344. The van der Waals surface area contributed by atoms with Crippen molar-refractivity contribution in [3.05, 3.63) is 88.7 Å². The van der Waals surface area contributed by atoms with Gasteiger partial charge in [-0.3, -0.25) is 4.90 Å². The molecule has 0 bridgehead atoms. The number of hydrogen-bond acceptors (Lipinski definition) is 6.